The van der Waals surface area contributed by atoms with E-state index in [4.69, 9.17) is 0 Å². The molecule has 2 aromatic heterocycles. The first-order valence-electron chi connectivity index (χ1n) is 9.28. The first-order valence-corrected chi connectivity index (χ1v) is 9.28. The first kappa shape index (κ1) is 19.6. The SMILES string of the molecule is O=C(c1ccc(C(F)(F)F)c(C#Cc2ccccn2)c1)N1CCc2ncccc2C1. The minimum Gasteiger partial charge on any atom is -0.334 e. The van der Waals surface area contributed by atoms with Crippen LogP contribution in [0.5, 0.6) is 0 Å². The maximum absolute atomic E-state index is 13.4. The number of benzene rings is 1. The predicted octanol–water partition coefficient (Wildman–Crippen LogP) is 4.09. The fourth-order valence-corrected chi connectivity index (χ4v) is 3.32. The van der Waals surface area contributed by atoms with Gasteiger partial charge in [-0.2, -0.15) is 13.2 Å². The molecule has 0 N–H and O–H groups in total. The summed E-state index contributed by atoms with van der Waals surface area (Å²) in [5.41, 5.74) is 1.27. The van der Waals surface area contributed by atoms with E-state index in [9.17, 15) is 18.0 Å². The molecule has 1 amide bonds. The van der Waals surface area contributed by atoms with Crippen molar-refractivity contribution in [3.8, 4) is 11.8 Å². The van der Waals surface area contributed by atoms with Gasteiger partial charge in [-0.05, 0) is 47.9 Å². The average molecular weight is 407 g/mol. The van der Waals surface area contributed by atoms with Crippen LogP contribution in [0, 0.1) is 11.8 Å². The van der Waals surface area contributed by atoms with Gasteiger partial charge in [-0.1, -0.05) is 18.1 Å². The Bertz CT molecular complexity index is 1150. The Morgan fingerprint density at radius 3 is 2.60 bits per heavy atom. The lowest BCUT2D eigenvalue weighted by Gasteiger charge is -2.28. The van der Waals surface area contributed by atoms with Crippen molar-refractivity contribution in [2.24, 2.45) is 0 Å². The molecule has 0 radical (unpaired) electrons. The summed E-state index contributed by atoms with van der Waals surface area (Å²) in [5.74, 6) is 4.84. The number of rotatable bonds is 1. The number of alkyl halides is 3. The van der Waals surface area contributed by atoms with E-state index < -0.39 is 11.7 Å². The summed E-state index contributed by atoms with van der Waals surface area (Å²) in [6, 6.07) is 12.0. The molecule has 0 bridgehead atoms. The van der Waals surface area contributed by atoms with Gasteiger partial charge in [0.1, 0.15) is 5.69 Å². The second-order valence-electron chi connectivity index (χ2n) is 6.81. The highest BCUT2D eigenvalue weighted by molar-refractivity contribution is 5.95. The lowest BCUT2D eigenvalue weighted by molar-refractivity contribution is -0.137. The molecule has 0 saturated carbocycles. The number of aromatic nitrogens is 2. The lowest BCUT2D eigenvalue weighted by atomic mass is 10.0. The van der Waals surface area contributed by atoms with Crippen LogP contribution in [-0.2, 0) is 19.1 Å². The molecule has 0 unspecified atom stereocenters. The standard InChI is InChI=1S/C23H16F3N3O/c24-23(25,26)20-9-7-17(14-16(20)6-8-19-5-1-2-11-27-19)22(30)29-13-10-21-18(15-29)4-3-12-28-21/h1-5,7,9,11-12,14H,10,13,15H2. The van der Waals surface area contributed by atoms with Gasteiger partial charge in [0.05, 0.1) is 5.56 Å². The monoisotopic (exact) mass is 407 g/mol. The number of carbonyl (C=O) groups is 1. The van der Waals surface area contributed by atoms with Crippen LogP contribution in [0.3, 0.4) is 0 Å². The third kappa shape index (κ3) is 4.18. The molecule has 3 heterocycles. The van der Waals surface area contributed by atoms with Crippen LogP contribution in [0.25, 0.3) is 0 Å². The van der Waals surface area contributed by atoms with Crippen LogP contribution in [0.4, 0.5) is 13.2 Å². The molecular weight excluding hydrogens is 391 g/mol. The van der Waals surface area contributed by atoms with Gasteiger partial charge in [-0.25, -0.2) is 4.98 Å². The molecule has 150 valence electrons. The Labute approximate surface area is 171 Å². The predicted molar refractivity (Wildman–Crippen MR) is 104 cm³/mol. The van der Waals surface area contributed by atoms with E-state index in [-0.39, 0.29) is 17.0 Å². The number of carbonyl (C=O) groups excluding carboxylic acids is 1. The van der Waals surface area contributed by atoms with Gasteiger partial charge in [0, 0.05) is 48.7 Å². The van der Waals surface area contributed by atoms with Crippen LogP contribution >= 0.6 is 0 Å². The fraction of sp³-hybridized carbons (Fsp3) is 0.174. The molecule has 0 aliphatic carbocycles. The van der Waals surface area contributed by atoms with E-state index in [1.54, 1.807) is 35.4 Å². The molecule has 0 fully saturated rings. The largest absolute Gasteiger partial charge is 0.417 e. The molecule has 4 nitrogen and oxygen atoms in total. The van der Waals surface area contributed by atoms with Gasteiger partial charge in [0.25, 0.3) is 5.91 Å². The summed E-state index contributed by atoms with van der Waals surface area (Å²) < 4.78 is 40.3. The van der Waals surface area contributed by atoms with Crippen LogP contribution in [0.15, 0.2) is 60.9 Å². The van der Waals surface area contributed by atoms with Crippen molar-refractivity contribution in [2.45, 2.75) is 19.1 Å². The quantitative estimate of drug-likeness (QED) is 0.571. The van der Waals surface area contributed by atoms with E-state index in [2.05, 4.69) is 21.8 Å². The van der Waals surface area contributed by atoms with Gasteiger partial charge in [0.2, 0.25) is 0 Å². The van der Waals surface area contributed by atoms with E-state index >= 15 is 0 Å². The Kier molecular flexibility index (Phi) is 5.23. The van der Waals surface area contributed by atoms with E-state index in [1.807, 2.05) is 6.07 Å². The van der Waals surface area contributed by atoms with Gasteiger partial charge in [-0.15, -0.1) is 0 Å². The van der Waals surface area contributed by atoms with Gasteiger partial charge in [0.15, 0.2) is 0 Å². The highest BCUT2D eigenvalue weighted by Crippen LogP contribution is 2.32. The Balaban J connectivity index is 1.66. The number of fused-ring (bicyclic) bond motifs is 1. The Morgan fingerprint density at radius 1 is 1.00 bits per heavy atom. The van der Waals surface area contributed by atoms with Crippen molar-refractivity contribution in [1.82, 2.24) is 14.9 Å². The average Bonchev–Trinajstić information content (AvgIpc) is 2.76. The molecule has 1 aromatic carbocycles. The smallest absolute Gasteiger partial charge is 0.334 e. The Morgan fingerprint density at radius 2 is 1.83 bits per heavy atom. The van der Waals surface area contributed by atoms with Crippen molar-refractivity contribution in [2.75, 3.05) is 6.54 Å². The highest BCUT2D eigenvalue weighted by atomic mass is 19.4. The number of amides is 1. The maximum atomic E-state index is 13.4. The van der Waals surface area contributed by atoms with Crippen LogP contribution < -0.4 is 0 Å². The molecule has 7 heteroatoms. The zero-order chi connectivity index (χ0) is 21.1. The van der Waals surface area contributed by atoms with Gasteiger partial charge < -0.3 is 4.90 Å². The van der Waals surface area contributed by atoms with Crippen molar-refractivity contribution in [3.05, 3.63) is 94.6 Å². The summed E-state index contributed by atoms with van der Waals surface area (Å²) in [4.78, 5) is 22.9. The zero-order valence-electron chi connectivity index (χ0n) is 15.8. The minimum atomic E-state index is -4.58. The summed E-state index contributed by atoms with van der Waals surface area (Å²) in [5, 5.41) is 0. The fourth-order valence-electron chi connectivity index (χ4n) is 3.32. The van der Waals surface area contributed by atoms with Crippen LogP contribution in [0.2, 0.25) is 0 Å². The Hall–Kier alpha value is -3.66. The van der Waals surface area contributed by atoms with Crippen LogP contribution in [0.1, 0.15) is 38.4 Å². The third-order valence-corrected chi connectivity index (χ3v) is 4.81. The molecule has 4 rings (SSSR count). The topological polar surface area (TPSA) is 46.1 Å². The minimum absolute atomic E-state index is 0.167. The summed E-state index contributed by atoms with van der Waals surface area (Å²) in [6.07, 6.45) is -0.753. The summed E-state index contributed by atoms with van der Waals surface area (Å²) >= 11 is 0. The normalized spacial score (nSPS) is 13.2. The maximum Gasteiger partial charge on any atom is 0.417 e. The molecule has 1 aliphatic rings. The van der Waals surface area contributed by atoms with Crippen molar-refractivity contribution in [1.29, 1.82) is 0 Å². The molecular formula is C23H16F3N3O. The molecule has 0 spiro atoms. The van der Waals surface area contributed by atoms with E-state index in [0.29, 0.717) is 25.2 Å². The number of pyridine rings is 2. The molecule has 3 aromatic rings. The number of hydrogen-bond acceptors (Lipinski definition) is 3. The number of nitrogens with zero attached hydrogens (tertiary/aromatic N) is 3. The van der Waals surface area contributed by atoms with Crippen molar-refractivity contribution in [3.63, 3.8) is 0 Å². The van der Waals surface area contributed by atoms with Gasteiger partial charge in [-0.3, -0.25) is 9.78 Å². The third-order valence-electron chi connectivity index (χ3n) is 4.81. The lowest BCUT2D eigenvalue weighted by Crippen LogP contribution is -2.36. The zero-order valence-corrected chi connectivity index (χ0v) is 15.8. The number of halogens is 3. The number of hydrogen-bond donors (Lipinski definition) is 0. The molecule has 30 heavy (non-hydrogen) atoms. The second-order valence-corrected chi connectivity index (χ2v) is 6.81. The molecule has 0 atom stereocenters. The molecule has 0 saturated heterocycles. The van der Waals surface area contributed by atoms with Gasteiger partial charge >= 0.3 is 6.18 Å². The van der Waals surface area contributed by atoms with E-state index in [1.165, 1.54) is 18.3 Å². The van der Waals surface area contributed by atoms with Crippen LogP contribution in [-0.4, -0.2) is 27.3 Å². The highest BCUT2D eigenvalue weighted by Gasteiger charge is 2.34. The second kappa shape index (κ2) is 7.99. The summed E-state index contributed by atoms with van der Waals surface area (Å²) in [6.45, 7) is 0.830. The summed E-state index contributed by atoms with van der Waals surface area (Å²) in [7, 11) is 0. The van der Waals surface area contributed by atoms with Crippen molar-refractivity contribution >= 4 is 5.91 Å². The molecule has 1 aliphatic heterocycles. The first-order chi connectivity index (χ1) is 14.4. The van der Waals surface area contributed by atoms with E-state index in [0.717, 1.165) is 17.3 Å². The van der Waals surface area contributed by atoms with Crippen molar-refractivity contribution < 1.29 is 18.0 Å².